The minimum absolute atomic E-state index is 0.00350. The fraction of sp³-hybridized carbons (Fsp3) is 0.500. The van der Waals surface area contributed by atoms with Crippen molar-refractivity contribution in [3.05, 3.63) is 16.5 Å². The smallest absolute Gasteiger partial charge is 0.371 e. The molecule has 108 valence electrons. The Morgan fingerprint density at radius 1 is 1.58 bits per heavy atom. The van der Waals surface area contributed by atoms with Crippen LogP contribution in [-0.2, 0) is 14.8 Å². The van der Waals surface area contributed by atoms with Gasteiger partial charge in [-0.3, -0.25) is 0 Å². The summed E-state index contributed by atoms with van der Waals surface area (Å²) in [6, 6.07) is 0.943. The topological polar surface area (TPSA) is 106 Å². The van der Waals surface area contributed by atoms with Crippen LogP contribution >= 0.6 is 15.9 Å². The summed E-state index contributed by atoms with van der Waals surface area (Å²) in [6.07, 6.45) is 0.00350. The number of ether oxygens (including phenoxy) is 1. The van der Waals surface area contributed by atoms with E-state index in [1.54, 1.807) is 0 Å². The number of sulfonamides is 1. The second-order valence-electron chi connectivity index (χ2n) is 3.87. The van der Waals surface area contributed by atoms with Crippen molar-refractivity contribution >= 4 is 31.9 Å². The lowest BCUT2D eigenvalue weighted by Gasteiger charge is -2.08. The molecule has 0 aliphatic rings. The van der Waals surface area contributed by atoms with E-state index >= 15 is 0 Å². The van der Waals surface area contributed by atoms with Gasteiger partial charge in [-0.15, -0.1) is 0 Å². The molecule has 1 aromatic rings. The van der Waals surface area contributed by atoms with Gasteiger partial charge in [-0.05, 0) is 29.8 Å². The molecule has 0 amide bonds. The van der Waals surface area contributed by atoms with E-state index in [1.807, 2.05) is 13.8 Å². The largest absolute Gasteiger partial charge is 0.475 e. The highest BCUT2D eigenvalue weighted by molar-refractivity contribution is 9.10. The Balaban J connectivity index is 2.75. The van der Waals surface area contributed by atoms with Gasteiger partial charge >= 0.3 is 5.97 Å². The zero-order chi connectivity index (χ0) is 14.6. The van der Waals surface area contributed by atoms with Crippen molar-refractivity contribution in [1.29, 1.82) is 0 Å². The molecule has 0 fully saturated rings. The van der Waals surface area contributed by atoms with Crippen molar-refractivity contribution in [2.75, 3.05) is 13.2 Å². The number of hydrogen-bond acceptors (Lipinski definition) is 5. The Morgan fingerprint density at radius 2 is 2.21 bits per heavy atom. The third-order valence-electron chi connectivity index (χ3n) is 2.00. The van der Waals surface area contributed by atoms with Gasteiger partial charge in [-0.2, -0.15) is 0 Å². The molecule has 0 aliphatic carbocycles. The molecule has 0 unspecified atom stereocenters. The summed E-state index contributed by atoms with van der Waals surface area (Å²) in [7, 11) is -3.84. The highest BCUT2D eigenvalue weighted by atomic mass is 79.9. The maximum absolute atomic E-state index is 11.9. The molecule has 0 saturated carbocycles. The van der Waals surface area contributed by atoms with Gasteiger partial charge in [-0.25, -0.2) is 17.9 Å². The molecule has 0 spiro atoms. The summed E-state index contributed by atoms with van der Waals surface area (Å²) in [5.41, 5.74) is 0. The van der Waals surface area contributed by atoms with E-state index in [4.69, 9.17) is 14.3 Å². The van der Waals surface area contributed by atoms with Crippen LogP contribution in [0.25, 0.3) is 0 Å². The number of halogens is 1. The zero-order valence-corrected chi connectivity index (χ0v) is 12.7. The Kier molecular flexibility index (Phi) is 5.53. The lowest BCUT2D eigenvalue weighted by atomic mass is 10.5. The Bertz CT molecular complexity index is 550. The van der Waals surface area contributed by atoms with Gasteiger partial charge in [0.25, 0.3) is 0 Å². The van der Waals surface area contributed by atoms with Gasteiger partial charge in [0.05, 0.1) is 12.7 Å². The number of carbonyl (C=O) groups is 1. The quantitative estimate of drug-likeness (QED) is 0.717. The summed E-state index contributed by atoms with van der Waals surface area (Å²) >= 11 is 2.87. The van der Waals surface area contributed by atoms with Crippen molar-refractivity contribution in [1.82, 2.24) is 4.72 Å². The van der Waals surface area contributed by atoms with E-state index in [9.17, 15) is 13.2 Å². The maximum atomic E-state index is 11.9. The van der Waals surface area contributed by atoms with Crippen molar-refractivity contribution in [2.24, 2.45) is 0 Å². The highest BCUT2D eigenvalue weighted by Crippen LogP contribution is 2.25. The molecule has 0 aromatic carbocycles. The zero-order valence-electron chi connectivity index (χ0n) is 10.3. The average Bonchev–Trinajstić information content (AvgIpc) is 2.67. The van der Waals surface area contributed by atoms with Crippen LogP contribution in [0, 0.1) is 0 Å². The van der Waals surface area contributed by atoms with E-state index < -0.39 is 21.8 Å². The van der Waals surface area contributed by atoms with E-state index in [0.29, 0.717) is 0 Å². The van der Waals surface area contributed by atoms with E-state index in [0.717, 1.165) is 6.07 Å². The fourth-order valence-corrected chi connectivity index (χ4v) is 3.14. The number of nitrogens with one attached hydrogen (secondary N) is 1. The van der Waals surface area contributed by atoms with Crippen LogP contribution in [0.1, 0.15) is 24.4 Å². The molecule has 1 aromatic heterocycles. The molecule has 1 heterocycles. The average molecular weight is 356 g/mol. The van der Waals surface area contributed by atoms with Gasteiger partial charge in [0.1, 0.15) is 4.90 Å². The molecule has 2 N–H and O–H groups in total. The summed E-state index contributed by atoms with van der Waals surface area (Å²) < 4.78 is 35.9. The third kappa shape index (κ3) is 4.60. The monoisotopic (exact) mass is 355 g/mol. The van der Waals surface area contributed by atoms with Gasteiger partial charge in [-0.1, -0.05) is 0 Å². The molecule has 0 radical (unpaired) electrons. The molecular formula is C10H14BrNO6S. The van der Waals surface area contributed by atoms with Crippen LogP contribution in [0.15, 0.2) is 20.0 Å². The van der Waals surface area contributed by atoms with Gasteiger partial charge < -0.3 is 14.3 Å². The van der Waals surface area contributed by atoms with Crippen LogP contribution < -0.4 is 4.72 Å². The van der Waals surface area contributed by atoms with Gasteiger partial charge in [0.15, 0.2) is 4.67 Å². The van der Waals surface area contributed by atoms with E-state index in [1.165, 1.54) is 0 Å². The number of rotatable bonds is 7. The Labute approximate surface area is 119 Å². The first-order valence-corrected chi connectivity index (χ1v) is 7.65. The number of hydrogen-bond donors (Lipinski definition) is 2. The van der Waals surface area contributed by atoms with Crippen LogP contribution in [0.5, 0.6) is 0 Å². The number of carboxylic acid groups (broad SMARTS) is 1. The first-order chi connectivity index (χ1) is 8.74. The first kappa shape index (κ1) is 16.2. The lowest BCUT2D eigenvalue weighted by molar-refractivity contribution is 0.0661. The fourth-order valence-electron chi connectivity index (χ4n) is 1.19. The van der Waals surface area contributed by atoms with Crippen LogP contribution in [-0.4, -0.2) is 38.7 Å². The molecule has 1 rings (SSSR count). The van der Waals surface area contributed by atoms with E-state index in [2.05, 4.69) is 20.7 Å². The number of carboxylic acids is 1. The molecule has 0 atom stereocenters. The third-order valence-corrected chi connectivity index (χ3v) is 4.32. The Hall–Kier alpha value is -0.900. The number of aromatic carboxylic acids is 1. The van der Waals surface area contributed by atoms with E-state index in [-0.39, 0.29) is 28.8 Å². The standard InChI is InChI=1S/C10H14BrNO6S/c1-6(2)17-4-3-12-19(15,16)8-5-7(10(13)14)18-9(8)11/h5-6,12H,3-4H2,1-2H3,(H,13,14). The lowest BCUT2D eigenvalue weighted by Crippen LogP contribution is -2.28. The van der Waals surface area contributed by atoms with Gasteiger partial charge in [0, 0.05) is 12.6 Å². The first-order valence-electron chi connectivity index (χ1n) is 5.38. The SMILES string of the molecule is CC(C)OCCNS(=O)(=O)c1cc(C(=O)O)oc1Br. The van der Waals surface area contributed by atoms with Crippen LogP contribution in [0.2, 0.25) is 0 Å². The summed E-state index contributed by atoms with van der Waals surface area (Å²) in [5.74, 6) is -1.80. The van der Waals surface area contributed by atoms with Crippen LogP contribution in [0.3, 0.4) is 0 Å². The molecule has 0 aliphatic heterocycles. The van der Waals surface area contributed by atoms with Crippen molar-refractivity contribution in [3.8, 4) is 0 Å². The minimum Gasteiger partial charge on any atom is -0.475 e. The van der Waals surface area contributed by atoms with Crippen molar-refractivity contribution in [2.45, 2.75) is 24.8 Å². The predicted octanol–water partition coefficient (Wildman–Crippen LogP) is 1.44. The second kappa shape index (κ2) is 6.51. The molecule has 0 bridgehead atoms. The molecular weight excluding hydrogens is 342 g/mol. The molecule has 9 heteroatoms. The number of furan rings is 1. The molecule has 0 saturated heterocycles. The summed E-state index contributed by atoms with van der Waals surface area (Å²) in [4.78, 5) is 10.4. The second-order valence-corrected chi connectivity index (χ2v) is 6.33. The summed E-state index contributed by atoms with van der Waals surface area (Å²) in [5, 5.41) is 8.71. The van der Waals surface area contributed by atoms with Crippen molar-refractivity contribution in [3.63, 3.8) is 0 Å². The molecule has 19 heavy (non-hydrogen) atoms. The summed E-state index contributed by atoms with van der Waals surface area (Å²) in [6.45, 7) is 3.97. The Morgan fingerprint density at radius 3 is 2.68 bits per heavy atom. The van der Waals surface area contributed by atoms with Crippen LogP contribution in [0.4, 0.5) is 0 Å². The van der Waals surface area contributed by atoms with Gasteiger partial charge in [0.2, 0.25) is 15.8 Å². The maximum Gasteiger partial charge on any atom is 0.371 e. The van der Waals surface area contributed by atoms with Crippen molar-refractivity contribution < 1.29 is 27.5 Å². The highest BCUT2D eigenvalue weighted by Gasteiger charge is 2.24. The predicted molar refractivity (Wildman–Crippen MR) is 69.6 cm³/mol. The molecule has 7 nitrogen and oxygen atoms in total. The normalized spacial score (nSPS) is 12.0. The minimum atomic E-state index is -3.84.